The van der Waals surface area contributed by atoms with Crippen molar-refractivity contribution in [3.63, 3.8) is 0 Å². The van der Waals surface area contributed by atoms with Crippen molar-refractivity contribution in [3.05, 3.63) is 6.61 Å². The highest BCUT2D eigenvalue weighted by molar-refractivity contribution is 7.80. The molecule has 37 valence electrons. The maximum atomic E-state index is 4.72. The summed E-state index contributed by atoms with van der Waals surface area (Å²) in [6.07, 6.45) is 0.959. The molecule has 1 radical (unpaired) electrons. The Morgan fingerprint density at radius 3 is 2.67 bits per heavy atom. The van der Waals surface area contributed by atoms with E-state index < -0.39 is 0 Å². The minimum Gasteiger partial charge on any atom is -0.365 e. The van der Waals surface area contributed by atoms with Crippen LogP contribution in [0.2, 0.25) is 0 Å². The summed E-state index contributed by atoms with van der Waals surface area (Å²) in [7, 11) is 0. The van der Waals surface area contributed by atoms with Crippen LogP contribution in [0.4, 0.5) is 0 Å². The highest BCUT2D eigenvalue weighted by atomic mass is 32.1. The molecule has 0 aliphatic heterocycles. The third-order valence-corrected chi connectivity index (χ3v) is 0.508. The lowest BCUT2D eigenvalue weighted by Gasteiger charge is -1.89. The lowest BCUT2D eigenvalue weighted by molar-refractivity contribution is 0.252. The van der Waals surface area contributed by atoms with Crippen molar-refractivity contribution in [1.82, 2.24) is 0 Å². The van der Waals surface area contributed by atoms with Crippen molar-refractivity contribution in [1.29, 1.82) is 0 Å². The zero-order valence-electron chi connectivity index (χ0n) is 3.85. The fourth-order valence-electron chi connectivity index (χ4n) is 0.171. The van der Waals surface area contributed by atoms with E-state index in [2.05, 4.69) is 12.6 Å². The van der Waals surface area contributed by atoms with Gasteiger partial charge in [-0.25, -0.2) is 0 Å². The van der Waals surface area contributed by atoms with E-state index in [1.165, 1.54) is 0 Å². The van der Waals surface area contributed by atoms with Gasteiger partial charge >= 0.3 is 0 Å². The third-order valence-electron chi connectivity index (χ3n) is 0.359. The second kappa shape index (κ2) is 5.31. The minimum atomic E-state index is 0.494. The maximum absolute atomic E-state index is 4.72. The molecule has 2 heteroatoms. The number of rotatable bonds is 3. The number of ether oxygens (including phenoxy) is 1. The summed E-state index contributed by atoms with van der Waals surface area (Å²) >= 11 is 3.80. The van der Waals surface area contributed by atoms with Crippen molar-refractivity contribution in [3.8, 4) is 0 Å². The van der Waals surface area contributed by atoms with E-state index in [4.69, 9.17) is 4.74 Å². The van der Waals surface area contributed by atoms with Crippen molar-refractivity contribution >= 4 is 12.6 Å². The Morgan fingerprint density at radius 1 is 1.83 bits per heavy atom. The zero-order chi connectivity index (χ0) is 4.83. The molecule has 0 saturated carbocycles. The van der Waals surface area contributed by atoms with Crippen LogP contribution in [0.5, 0.6) is 0 Å². The van der Waals surface area contributed by atoms with Gasteiger partial charge in [-0.3, -0.25) is 0 Å². The van der Waals surface area contributed by atoms with Gasteiger partial charge in [-0.15, -0.1) is 0 Å². The van der Waals surface area contributed by atoms with Crippen LogP contribution in [0.3, 0.4) is 0 Å². The summed E-state index contributed by atoms with van der Waals surface area (Å²) in [6.45, 7) is 3.75. The second-order valence-electron chi connectivity index (χ2n) is 0.871. The summed E-state index contributed by atoms with van der Waals surface area (Å²) < 4.78 is 4.72. The van der Waals surface area contributed by atoms with Crippen LogP contribution in [0.15, 0.2) is 0 Å². The van der Waals surface area contributed by atoms with Gasteiger partial charge in [0.15, 0.2) is 0 Å². The van der Waals surface area contributed by atoms with Crippen molar-refractivity contribution in [2.24, 2.45) is 0 Å². The fourth-order valence-corrected chi connectivity index (χ4v) is 0.276. The molecule has 0 aromatic carbocycles. The van der Waals surface area contributed by atoms with Crippen LogP contribution >= 0.6 is 12.6 Å². The molecule has 0 spiro atoms. The number of hydrogen-bond acceptors (Lipinski definition) is 2. The Kier molecular flexibility index (Phi) is 5.58. The van der Waals surface area contributed by atoms with Crippen LogP contribution in [-0.4, -0.2) is 5.94 Å². The van der Waals surface area contributed by atoms with E-state index in [1.807, 2.05) is 6.92 Å². The van der Waals surface area contributed by atoms with Crippen molar-refractivity contribution in [2.45, 2.75) is 13.3 Å². The largest absolute Gasteiger partial charge is 0.365 e. The van der Waals surface area contributed by atoms with Crippen molar-refractivity contribution in [2.75, 3.05) is 5.94 Å². The van der Waals surface area contributed by atoms with Gasteiger partial charge in [-0.05, 0) is 6.42 Å². The van der Waals surface area contributed by atoms with Gasteiger partial charge < -0.3 is 4.74 Å². The molecule has 0 aliphatic carbocycles. The molecule has 6 heavy (non-hydrogen) atoms. The van der Waals surface area contributed by atoms with Gasteiger partial charge in [0.2, 0.25) is 0 Å². The first kappa shape index (κ1) is 6.31. The van der Waals surface area contributed by atoms with Crippen LogP contribution in [-0.2, 0) is 4.74 Å². The molecule has 0 aliphatic rings. The summed E-state index contributed by atoms with van der Waals surface area (Å²) in [5, 5.41) is 0. The molecule has 0 aromatic rings. The summed E-state index contributed by atoms with van der Waals surface area (Å²) in [5.41, 5.74) is 0. The third kappa shape index (κ3) is 4.31. The van der Waals surface area contributed by atoms with Gasteiger partial charge in [0.25, 0.3) is 0 Å². The predicted molar refractivity (Wildman–Crippen MR) is 29.5 cm³/mol. The molecular formula is C4H9OS. The standard InChI is InChI=1S/C4H9OS/c1-2-3-5-4-6/h3,6H,2,4H2,1H3. The molecule has 0 atom stereocenters. The first-order valence-electron chi connectivity index (χ1n) is 1.96. The number of thiol groups is 1. The summed E-state index contributed by atoms with van der Waals surface area (Å²) in [4.78, 5) is 0. The van der Waals surface area contributed by atoms with Crippen LogP contribution in [0, 0.1) is 6.61 Å². The quantitative estimate of drug-likeness (QED) is 0.325. The Balaban J connectivity index is 2.34. The minimum absolute atomic E-state index is 0.494. The van der Waals surface area contributed by atoms with Crippen LogP contribution < -0.4 is 0 Å². The monoisotopic (exact) mass is 105 g/mol. The highest BCUT2D eigenvalue weighted by Gasteiger charge is 1.74. The normalized spacial score (nSPS) is 9.00. The van der Waals surface area contributed by atoms with E-state index in [0.717, 1.165) is 6.42 Å². The first-order chi connectivity index (χ1) is 2.91. The summed E-state index contributed by atoms with van der Waals surface area (Å²) in [6, 6.07) is 0. The molecule has 0 rings (SSSR count). The SMILES string of the molecule is CC[CH]OCS. The van der Waals surface area contributed by atoms with Crippen molar-refractivity contribution < 1.29 is 4.74 Å². The lowest BCUT2D eigenvalue weighted by Crippen LogP contribution is -1.78. The smallest absolute Gasteiger partial charge is 0.0897 e. The van der Waals surface area contributed by atoms with E-state index in [0.29, 0.717) is 5.94 Å². The van der Waals surface area contributed by atoms with Gasteiger partial charge in [0.1, 0.15) is 0 Å². The molecule has 0 unspecified atom stereocenters. The number of hydrogen-bond donors (Lipinski definition) is 1. The molecule has 0 bridgehead atoms. The molecular weight excluding hydrogens is 96.1 g/mol. The second-order valence-corrected chi connectivity index (χ2v) is 1.13. The van der Waals surface area contributed by atoms with Crippen LogP contribution in [0.25, 0.3) is 0 Å². The average molecular weight is 105 g/mol. The molecule has 0 fully saturated rings. The van der Waals surface area contributed by atoms with E-state index in [-0.39, 0.29) is 0 Å². The average Bonchev–Trinajstić information content (AvgIpc) is 1.61. The van der Waals surface area contributed by atoms with Gasteiger partial charge in [0, 0.05) is 0 Å². The molecule has 0 saturated heterocycles. The van der Waals surface area contributed by atoms with E-state index >= 15 is 0 Å². The Morgan fingerprint density at radius 2 is 2.50 bits per heavy atom. The topological polar surface area (TPSA) is 9.23 Å². The van der Waals surface area contributed by atoms with E-state index in [9.17, 15) is 0 Å². The molecule has 0 N–H and O–H groups in total. The van der Waals surface area contributed by atoms with Gasteiger partial charge in [-0.1, -0.05) is 6.92 Å². The molecule has 0 heterocycles. The van der Waals surface area contributed by atoms with Gasteiger partial charge in [-0.2, -0.15) is 12.6 Å². The van der Waals surface area contributed by atoms with E-state index in [1.54, 1.807) is 6.61 Å². The zero-order valence-corrected chi connectivity index (χ0v) is 4.74. The molecule has 1 nitrogen and oxygen atoms in total. The molecule has 0 aromatic heterocycles. The summed E-state index contributed by atoms with van der Waals surface area (Å²) in [5.74, 6) is 0.494. The first-order valence-corrected chi connectivity index (χ1v) is 2.59. The highest BCUT2D eigenvalue weighted by Crippen LogP contribution is 1.86. The van der Waals surface area contributed by atoms with Crippen LogP contribution in [0.1, 0.15) is 13.3 Å². The predicted octanol–water partition coefficient (Wildman–Crippen LogP) is 1.46. The Hall–Kier alpha value is 0.310. The Labute approximate surface area is 44.1 Å². The fraction of sp³-hybridized carbons (Fsp3) is 0.750. The Bertz CT molecular complexity index is 19.5. The molecule has 0 amide bonds. The van der Waals surface area contributed by atoms with Gasteiger partial charge in [0.05, 0.1) is 12.5 Å². The maximum Gasteiger partial charge on any atom is 0.0897 e. The lowest BCUT2D eigenvalue weighted by atomic mass is 10.5.